The highest BCUT2D eigenvalue weighted by Crippen LogP contribution is 2.33. The molecular weight excluding hydrogens is 344 g/mol. The van der Waals surface area contributed by atoms with Crippen molar-refractivity contribution in [1.82, 2.24) is 4.90 Å². The van der Waals surface area contributed by atoms with E-state index < -0.39 is 5.97 Å². The van der Waals surface area contributed by atoms with Gasteiger partial charge in [0.1, 0.15) is 5.00 Å². The quantitative estimate of drug-likeness (QED) is 0.793. The van der Waals surface area contributed by atoms with E-state index in [1.54, 1.807) is 29.7 Å². The molecule has 3 rings (SSSR count). The number of carbonyl (C=O) groups is 2. The fourth-order valence-electron chi connectivity index (χ4n) is 2.98. The zero-order valence-corrected chi connectivity index (χ0v) is 15.1. The predicted molar refractivity (Wildman–Crippen MR) is 96.8 cm³/mol. The second-order valence-electron chi connectivity index (χ2n) is 5.62. The number of amides is 1. The lowest BCUT2D eigenvalue weighted by Crippen LogP contribution is -2.32. The topological polar surface area (TPSA) is 58.6 Å². The van der Waals surface area contributed by atoms with Gasteiger partial charge in [-0.3, -0.25) is 9.69 Å². The van der Waals surface area contributed by atoms with Crippen LogP contribution in [0, 0.1) is 0 Å². The van der Waals surface area contributed by atoms with Crippen molar-refractivity contribution < 1.29 is 14.3 Å². The maximum Gasteiger partial charge on any atom is 0.341 e. The molecule has 2 aromatic rings. The Balaban J connectivity index is 1.62. The molecule has 7 heteroatoms. The number of likely N-dealkylation sites (tertiary alicyclic amines) is 1. The number of rotatable bonds is 6. The molecule has 1 aliphatic heterocycles. The smallest absolute Gasteiger partial charge is 0.341 e. The summed E-state index contributed by atoms with van der Waals surface area (Å²) in [6.45, 7) is 3.34. The van der Waals surface area contributed by atoms with Crippen LogP contribution in [0.2, 0.25) is 0 Å². The predicted octanol–water partition coefficient (Wildman–Crippen LogP) is 3.76. The minimum Gasteiger partial charge on any atom is -0.462 e. The highest BCUT2D eigenvalue weighted by molar-refractivity contribution is 7.14. The fraction of sp³-hybridized carbons (Fsp3) is 0.412. The summed E-state index contributed by atoms with van der Waals surface area (Å²) in [5.74, 6) is -0.489. The summed E-state index contributed by atoms with van der Waals surface area (Å²) in [6, 6.07) is 4.13. The summed E-state index contributed by atoms with van der Waals surface area (Å²) in [5, 5.41) is 9.43. The zero-order valence-electron chi connectivity index (χ0n) is 13.5. The molecule has 0 bridgehead atoms. The summed E-state index contributed by atoms with van der Waals surface area (Å²) in [4.78, 5) is 26.5. The van der Waals surface area contributed by atoms with E-state index in [4.69, 9.17) is 4.74 Å². The van der Waals surface area contributed by atoms with E-state index in [1.807, 2.05) is 0 Å². The van der Waals surface area contributed by atoms with Gasteiger partial charge in [-0.25, -0.2) is 4.79 Å². The van der Waals surface area contributed by atoms with E-state index in [0.717, 1.165) is 19.4 Å². The van der Waals surface area contributed by atoms with Gasteiger partial charge in [-0.05, 0) is 60.1 Å². The molecule has 5 nitrogen and oxygen atoms in total. The number of hydrogen-bond acceptors (Lipinski definition) is 6. The first kappa shape index (κ1) is 17.1. The molecule has 0 radical (unpaired) electrons. The Bertz CT molecular complexity index is 697. The molecule has 1 unspecified atom stereocenters. The maximum absolute atomic E-state index is 12.4. The van der Waals surface area contributed by atoms with Crippen LogP contribution in [0.1, 0.15) is 41.7 Å². The average Bonchev–Trinajstić information content (AvgIpc) is 3.28. The number of esters is 1. The van der Waals surface area contributed by atoms with Gasteiger partial charge in [-0.1, -0.05) is 0 Å². The van der Waals surface area contributed by atoms with Gasteiger partial charge in [0.2, 0.25) is 5.91 Å². The summed E-state index contributed by atoms with van der Waals surface area (Å²) in [6.07, 6.45) is 2.18. The van der Waals surface area contributed by atoms with E-state index in [2.05, 4.69) is 27.0 Å². The number of carbonyl (C=O) groups excluding carboxylic acids is 2. The van der Waals surface area contributed by atoms with Crippen molar-refractivity contribution in [2.24, 2.45) is 0 Å². The fourth-order valence-corrected chi connectivity index (χ4v) is 4.48. The standard InChI is InChI=1S/C17H20N2O3S2/c1-2-22-17(21)13-6-9-24-16(13)18-15(20)10-19-7-3-4-14(19)12-5-8-23-11-12/h5-6,8-9,11,14H,2-4,7,10H2,1H3,(H,18,20). The van der Waals surface area contributed by atoms with Gasteiger partial charge in [0.15, 0.2) is 0 Å². The number of nitrogens with zero attached hydrogens (tertiary/aromatic N) is 1. The molecule has 0 saturated carbocycles. The van der Waals surface area contributed by atoms with Gasteiger partial charge in [-0.15, -0.1) is 11.3 Å². The SMILES string of the molecule is CCOC(=O)c1ccsc1NC(=O)CN1CCCC1c1ccsc1. The largest absolute Gasteiger partial charge is 0.462 e. The highest BCUT2D eigenvalue weighted by atomic mass is 32.1. The van der Waals surface area contributed by atoms with Crippen molar-refractivity contribution in [2.75, 3.05) is 25.0 Å². The molecule has 3 heterocycles. The molecule has 1 amide bonds. The summed E-state index contributed by atoms with van der Waals surface area (Å²) >= 11 is 3.02. The van der Waals surface area contributed by atoms with Crippen LogP contribution in [0.25, 0.3) is 0 Å². The van der Waals surface area contributed by atoms with Gasteiger partial charge in [0.05, 0.1) is 18.7 Å². The zero-order chi connectivity index (χ0) is 16.9. The van der Waals surface area contributed by atoms with Crippen LogP contribution in [0.5, 0.6) is 0 Å². The van der Waals surface area contributed by atoms with Crippen molar-refractivity contribution >= 4 is 39.6 Å². The first-order valence-corrected chi connectivity index (χ1v) is 9.82. The lowest BCUT2D eigenvalue weighted by atomic mass is 10.1. The number of nitrogens with one attached hydrogen (secondary N) is 1. The molecule has 0 spiro atoms. The molecule has 1 aliphatic rings. The number of ether oxygens (including phenoxy) is 1. The minimum atomic E-state index is -0.397. The minimum absolute atomic E-state index is 0.0925. The van der Waals surface area contributed by atoms with E-state index >= 15 is 0 Å². The lowest BCUT2D eigenvalue weighted by Gasteiger charge is -2.23. The van der Waals surface area contributed by atoms with Gasteiger partial charge in [-0.2, -0.15) is 11.3 Å². The third kappa shape index (κ3) is 3.85. The van der Waals surface area contributed by atoms with Crippen LogP contribution in [-0.2, 0) is 9.53 Å². The third-order valence-corrected chi connectivity index (χ3v) is 5.58. The second-order valence-corrected chi connectivity index (χ2v) is 7.31. The molecule has 2 aromatic heterocycles. The van der Waals surface area contributed by atoms with Crippen molar-refractivity contribution in [2.45, 2.75) is 25.8 Å². The molecule has 0 aliphatic carbocycles. The maximum atomic E-state index is 12.4. The molecule has 128 valence electrons. The first-order chi connectivity index (χ1) is 11.7. The number of anilines is 1. The number of thiophene rings is 2. The average molecular weight is 364 g/mol. The molecule has 1 N–H and O–H groups in total. The van der Waals surface area contributed by atoms with Crippen molar-refractivity contribution in [1.29, 1.82) is 0 Å². The monoisotopic (exact) mass is 364 g/mol. The normalized spacial score (nSPS) is 17.8. The van der Waals surface area contributed by atoms with Crippen LogP contribution in [0.15, 0.2) is 28.3 Å². The van der Waals surface area contributed by atoms with E-state index in [-0.39, 0.29) is 5.91 Å². The number of hydrogen-bond donors (Lipinski definition) is 1. The Morgan fingerprint density at radius 2 is 2.25 bits per heavy atom. The van der Waals surface area contributed by atoms with Gasteiger partial charge >= 0.3 is 5.97 Å². The van der Waals surface area contributed by atoms with Gasteiger partial charge < -0.3 is 10.1 Å². The summed E-state index contributed by atoms with van der Waals surface area (Å²) in [5.41, 5.74) is 1.71. The van der Waals surface area contributed by atoms with Crippen molar-refractivity contribution in [3.8, 4) is 0 Å². The molecule has 1 fully saturated rings. The highest BCUT2D eigenvalue weighted by Gasteiger charge is 2.28. The first-order valence-electron chi connectivity index (χ1n) is 7.99. The Hall–Kier alpha value is -1.70. The van der Waals surface area contributed by atoms with Crippen LogP contribution in [0.3, 0.4) is 0 Å². The van der Waals surface area contributed by atoms with Gasteiger partial charge in [0.25, 0.3) is 0 Å². The van der Waals surface area contributed by atoms with Crippen LogP contribution < -0.4 is 5.32 Å². The Morgan fingerprint density at radius 3 is 3.00 bits per heavy atom. The molecule has 1 saturated heterocycles. The van der Waals surface area contributed by atoms with Crippen molar-refractivity contribution in [3.63, 3.8) is 0 Å². The van der Waals surface area contributed by atoms with E-state index in [1.165, 1.54) is 16.9 Å². The molecular formula is C17H20N2O3S2. The van der Waals surface area contributed by atoms with Crippen LogP contribution >= 0.6 is 22.7 Å². The summed E-state index contributed by atoms with van der Waals surface area (Å²) in [7, 11) is 0. The van der Waals surface area contributed by atoms with Crippen LogP contribution in [0.4, 0.5) is 5.00 Å². The summed E-state index contributed by atoms with van der Waals surface area (Å²) < 4.78 is 5.02. The van der Waals surface area contributed by atoms with Gasteiger partial charge in [0, 0.05) is 6.04 Å². The van der Waals surface area contributed by atoms with E-state index in [0.29, 0.717) is 29.8 Å². The molecule has 0 aromatic carbocycles. The third-order valence-electron chi connectivity index (χ3n) is 4.05. The lowest BCUT2D eigenvalue weighted by molar-refractivity contribution is -0.117. The van der Waals surface area contributed by atoms with E-state index in [9.17, 15) is 9.59 Å². The second kappa shape index (κ2) is 7.92. The van der Waals surface area contributed by atoms with Crippen LogP contribution in [-0.4, -0.2) is 36.5 Å². The Kier molecular flexibility index (Phi) is 5.65. The Morgan fingerprint density at radius 1 is 1.38 bits per heavy atom. The molecule has 1 atom stereocenters. The Labute approximate surface area is 149 Å². The molecule has 24 heavy (non-hydrogen) atoms. The van der Waals surface area contributed by atoms with Crippen molar-refractivity contribution in [3.05, 3.63) is 39.4 Å².